The van der Waals surface area contributed by atoms with Crippen LogP contribution in [0, 0.1) is 22.7 Å². The van der Waals surface area contributed by atoms with Gasteiger partial charge in [-0.25, -0.2) is 4.98 Å². The molecule has 178 valence electrons. The van der Waals surface area contributed by atoms with Gasteiger partial charge >= 0.3 is 5.97 Å². The van der Waals surface area contributed by atoms with Gasteiger partial charge in [-0.15, -0.1) is 0 Å². The standard InChI is InChI=1S/C27H42N2O3/c1-3-5-7-9-11-17-27(22-28)18-15-23(16-19-27)26(30)32-24-13-14-25(29-21-24)31-20-12-10-8-6-4-2/h13-14,21,23H,3-12,15-20H2,1-2H3. The molecule has 1 fully saturated rings. The highest BCUT2D eigenvalue weighted by Crippen LogP contribution is 2.42. The van der Waals surface area contributed by atoms with E-state index in [1.54, 1.807) is 18.3 Å². The first-order chi connectivity index (χ1) is 15.6. The van der Waals surface area contributed by atoms with Crippen molar-refractivity contribution in [3.63, 3.8) is 0 Å². The number of pyridine rings is 1. The molecule has 0 spiro atoms. The number of aromatic nitrogens is 1. The maximum absolute atomic E-state index is 12.6. The van der Waals surface area contributed by atoms with Gasteiger partial charge in [-0.1, -0.05) is 71.6 Å². The monoisotopic (exact) mass is 442 g/mol. The first-order valence-electron chi connectivity index (χ1n) is 12.8. The van der Waals surface area contributed by atoms with Gasteiger partial charge in [0.15, 0.2) is 0 Å². The summed E-state index contributed by atoms with van der Waals surface area (Å²) in [5.74, 6) is 0.690. The second kappa shape index (κ2) is 14.9. The van der Waals surface area contributed by atoms with Crippen molar-refractivity contribution in [3.8, 4) is 17.7 Å². The van der Waals surface area contributed by atoms with Crippen LogP contribution in [0.2, 0.25) is 0 Å². The Bertz CT molecular complexity index is 688. The van der Waals surface area contributed by atoms with Crippen LogP contribution in [-0.4, -0.2) is 17.6 Å². The second-order valence-electron chi connectivity index (χ2n) is 9.35. The van der Waals surface area contributed by atoms with Crippen LogP contribution in [0.5, 0.6) is 11.6 Å². The molecule has 0 atom stereocenters. The molecule has 0 aliphatic heterocycles. The minimum absolute atomic E-state index is 0.129. The molecule has 1 aliphatic rings. The topological polar surface area (TPSA) is 72.2 Å². The van der Waals surface area contributed by atoms with Gasteiger partial charge in [-0.05, 0) is 44.6 Å². The van der Waals surface area contributed by atoms with E-state index in [1.807, 2.05) is 0 Å². The number of esters is 1. The van der Waals surface area contributed by atoms with Gasteiger partial charge in [0, 0.05) is 6.07 Å². The summed E-state index contributed by atoms with van der Waals surface area (Å²) < 4.78 is 11.2. The van der Waals surface area contributed by atoms with Gasteiger partial charge in [0.2, 0.25) is 5.88 Å². The number of nitriles is 1. The van der Waals surface area contributed by atoms with Crippen LogP contribution < -0.4 is 9.47 Å². The molecule has 0 N–H and O–H groups in total. The van der Waals surface area contributed by atoms with E-state index in [0.29, 0.717) is 18.2 Å². The molecule has 0 unspecified atom stereocenters. The summed E-state index contributed by atoms with van der Waals surface area (Å²) in [5, 5.41) is 9.76. The smallest absolute Gasteiger partial charge is 0.314 e. The predicted molar refractivity (Wildman–Crippen MR) is 128 cm³/mol. The molecule has 5 heteroatoms. The summed E-state index contributed by atoms with van der Waals surface area (Å²) in [7, 11) is 0. The fourth-order valence-electron chi connectivity index (χ4n) is 4.49. The van der Waals surface area contributed by atoms with E-state index < -0.39 is 0 Å². The van der Waals surface area contributed by atoms with Crippen molar-refractivity contribution >= 4 is 5.97 Å². The highest BCUT2D eigenvalue weighted by molar-refractivity contribution is 5.75. The number of ether oxygens (including phenoxy) is 2. The lowest BCUT2D eigenvalue weighted by molar-refractivity contribution is -0.140. The SMILES string of the molecule is CCCCCCCOc1ccc(OC(=O)C2CCC(C#N)(CCCCCCC)CC2)cn1. The van der Waals surface area contributed by atoms with E-state index in [0.717, 1.165) is 44.9 Å². The molecule has 1 aliphatic carbocycles. The number of carbonyl (C=O) groups is 1. The lowest BCUT2D eigenvalue weighted by Gasteiger charge is -2.34. The molecule has 0 amide bonds. The molecule has 2 rings (SSSR count). The maximum atomic E-state index is 12.6. The van der Waals surface area contributed by atoms with Gasteiger partial charge in [-0.3, -0.25) is 4.79 Å². The lowest BCUT2D eigenvalue weighted by atomic mass is 9.69. The Kier molecular flexibility index (Phi) is 12.2. The number of hydrogen-bond donors (Lipinski definition) is 0. The maximum Gasteiger partial charge on any atom is 0.314 e. The molecule has 1 heterocycles. The largest absolute Gasteiger partial charge is 0.478 e. The highest BCUT2D eigenvalue weighted by atomic mass is 16.5. The van der Waals surface area contributed by atoms with E-state index in [4.69, 9.17) is 9.47 Å². The molecule has 0 saturated heterocycles. The molecule has 1 aromatic heterocycles. The van der Waals surface area contributed by atoms with Crippen LogP contribution in [-0.2, 0) is 4.79 Å². The zero-order chi connectivity index (χ0) is 23.1. The quantitative estimate of drug-likeness (QED) is 0.209. The van der Waals surface area contributed by atoms with Crippen LogP contribution in [0.1, 0.15) is 110 Å². The van der Waals surface area contributed by atoms with Crippen molar-refractivity contribution in [1.82, 2.24) is 4.98 Å². The first-order valence-corrected chi connectivity index (χ1v) is 12.8. The van der Waals surface area contributed by atoms with E-state index in [-0.39, 0.29) is 17.3 Å². The molecule has 1 aromatic rings. The Hall–Kier alpha value is -2.09. The molecule has 1 saturated carbocycles. The zero-order valence-electron chi connectivity index (χ0n) is 20.2. The van der Waals surface area contributed by atoms with E-state index in [1.165, 1.54) is 51.4 Å². The fourth-order valence-corrected chi connectivity index (χ4v) is 4.49. The molecular formula is C27H42N2O3. The second-order valence-corrected chi connectivity index (χ2v) is 9.35. The molecule has 0 aromatic carbocycles. The number of carbonyl (C=O) groups excluding carboxylic acids is 1. The van der Waals surface area contributed by atoms with Crippen LogP contribution in [0.25, 0.3) is 0 Å². The summed E-state index contributed by atoms with van der Waals surface area (Å²) in [6, 6.07) is 6.08. The van der Waals surface area contributed by atoms with Crippen molar-refractivity contribution < 1.29 is 14.3 Å². The molecule has 0 bridgehead atoms. The van der Waals surface area contributed by atoms with Crippen molar-refractivity contribution in [1.29, 1.82) is 5.26 Å². The summed E-state index contributed by atoms with van der Waals surface area (Å²) in [5.41, 5.74) is -0.250. The van der Waals surface area contributed by atoms with Crippen LogP contribution in [0.4, 0.5) is 0 Å². The average Bonchev–Trinajstić information content (AvgIpc) is 2.82. The van der Waals surface area contributed by atoms with Crippen molar-refractivity contribution in [2.24, 2.45) is 11.3 Å². The Balaban J connectivity index is 1.70. The van der Waals surface area contributed by atoms with E-state index >= 15 is 0 Å². The third kappa shape index (κ3) is 9.18. The number of nitrogens with zero attached hydrogens (tertiary/aromatic N) is 2. The summed E-state index contributed by atoms with van der Waals surface area (Å²) >= 11 is 0. The minimum atomic E-state index is -0.250. The Morgan fingerprint density at radius 1 is 1.03 bits per heavy atom. The van der Waals surface area contributed by atoms with E-state index in [2.05, 4.69) is 24.9 Å². The molecule has 0 radical (unpaired) electrons. The first kappa shape index (κ1) is 26.2. The Morgan fingerprint density at radius 3 is 2.28 bits per heavy atom. The number of hydrogen-bond acceptors (Lipinski definition) is 5. The Labute approximate surface area is 194 Å². The van der Waals surface area contributed by atoms with Crippen LogP contribution in [0.15, 0.2) is 18.3 Å². The molecular weight excluding hydrogens is 400 g/mol. The van der Waals surface area contributed by atoms with Crippen molar-refractivity contribution in [3.05, 3.63) is 18.3 Å². The van der Waals surface area contributed by atoms with Crippen molar-refractivity contribution in [2.75, 3.05) is 6.61 Å². The zero-order valence-corrected chi connectivity index (χ0v) is 20.2. The predicted octanol–water partition coefficient (Wildman–Crippen LogP) is 7.40. The highest BCUT2D eigenvalue weighted by Gasteiger charge is 2.37. The number of unbranched alkanes of at least 4 members (excludes halogenated alkanes) is 8. The lowest BCUT2D eigenvalue weighted by Crippen LogP contribution is -2.31. The Morgan fingerprint density at radius 2 is 1.69 bits per heavy atom. The summed E-state index contributed by atoms with van der Waals surface area (Å²) in [4.78, 5) is 16.9. The summed E-state index contributed by atoms with van der Waals surface area (Å²) in [6.45, 7) is 5.09. The minimum Gasteiger partial charge on any atom is -0.478 e. The number of rotatable bonds is 15. The molecule has 5 nitrogen and oxygen atoms in total. The van der Waals surface area contributed by atoms with Gasteiger partial charge in [-0.2, -0.15) is 5.26 Å². The van der Waals surface area contributed by atoms with Gasteiger partial charge in [0.25, 0.3) is 0 Å². The van der Waals surface area contributed by atoms with Gasteiger partial charge in [0.05, 0.1) is 30.2 Å². The van der Waals surface area contributed by atoms with Crippen LogP contribution >= 0.6 is 0 Å². The third-order valence-corrected chi connectivity index (χ3v) is 6.70. The summed E-state index contributed by atoms with van der Waals surface area (Å²) in [6.07, 6.45) is 17.6. The van der Waals surface area contributed by atoms with Gasteiger partial charge in [0.1, 0.15) is 5.75 Å². The normalized spacial score (nSPS) is 20.5. The fraction of sp³-hybridized carbons (Fsp3) is 0.741. The van der Waals surface area contributed by atoms with Gasteiger partial charge < -0.3 is 9.47 Å². The molecule has 32 heavy (non-hydrogen) atoms. The third-order valence-electron chi connectivity index (χ3n) is 6.70. The van der Waals surface area contributed by atoms with Crippen LogP contribution in [0.3, 0.4) is 0 Å². The van der Waals surface area contributed by atoms with Crippen molar-refractivity contribution in [2.45, 2.75) is 110 Å². The van der Waals surface area contributed by atoms with E-state index in [9.17, 15) is 10.1 Å². The average molecular weight is 443 g/mol.